The van der Waals surface area contributed by atoms with Crippen molar-refractivity contribution < 1.29 is 5.11 Å². The highest BCUT2D eigenvalue weighted by molar-refractivity contribution is 6.30. The smallest absolute Gasteiger partial charge is 0.117 e. The molecule has 0 fully saturated rings. The fraction of sp³-hybridized carbons (Fsp3) is 0.333. The summed E-state index contributed by atoms with van der Waals surface area (Å²) >= 11 is 5.75. The standard InChI is InChI=1S/C9H12ClNO/c1-11-3-2-7-4-8(10)6-9(12)5-7/h4-6,11-12H,2-3H2,1H3. The number of aromatic hydroxyl groups is 1. The van der Waals surface area contributed by atoms with Gasteiger partial charge in [-0.25, -0.2) is 0 Å². The SMILES string of the molecule is CNCCc1cc(O)cc(Cl)c1. The Labute approximate surface area is 77.2 Å². The average Bonchev–Trinajstić information content (AvgIpc) is 1.99. The number of likely N-dealkylation sites (N-methyl/N-ethyl adjacent to an activating group) is 1. The molecular weight excluding hydrogens is 174 g/mol. The quantitative estimate of drug-likeness (QED) is 0.753. The van der Waals surface area contributed by atoms with Crippen LogP contribution in [0.1, 0.15) is 5.56 Å². The molecule has 0 radical (unpaired) electrons. The van der Waals surface area contributed by atoms with Crippen LogP contribution in [0.5, 0.6) is 5.75 Å². The first kappa shape index (κ1) is 9.36. The minimum Gasteiger partial charge on any atom is -0.508 e. The summed E-state index contributed by atoms with van der Waals surface area (Å²) in [6.45, 7) is 0.889. The molecule has 0 saturated heterocycles. The molecule has 1 aromatic rings. The number of hydrogen-bond donors (Lipinski definition) is 2. The molecule has 0 spiro atoms. The van der Waals surface area contributed by atoms with Gasteiger partial charge in [-0.05, 0) is 43.8 Å². The van der Waals surface area contributed by atoms with Gasteiger partial charge in [0.2, 0.25) is 0 Å². The molecule has 0 aliphatic heterocycles. The van der Waals surface area contributed by atoms with E-state index in [1.54, 1.807) is 6.07 Å². The molecule has 0 aliphatic carbocycles. The van der Waals surface area contributed by atoms with E-state index in [9.17, 15) is 5.11 Å². The number of phenols is 1. The molecule has 0 saturated carbocycles. The van der Waals surface area contributed by atoms with Crippen LogP contribution in [0.4, 0.5) is 0 Å². The van der Waals surface area contributed by atoms with Gasteiger partial charge in [-0.2, -0.15) is 0 Å². The van der Waals surface area contributed by atoms with Gasteiger partial charge in [-0.15, -0.1) is 0 Å². The van der Waals surface area contributed by atoms with E-state index in [0.29, 0.717) is 5.02 Å². The van der Waals surface area contributed by atoms with Crippen molar-refractivity contribution in [1.82, 2.24) is 5.32 Å². The van der Waals surface area contributed by atoms with Crippen molar-refractivity contribution in [2.24, 2.45) is 0 Å². The molecular formula is C9H12ClNO. The zero-order chi connectivity index (χ0) is 8.97. The van der Waals surface area contributed by atoms with E-state index in [2.05, 4.69) is 5.32 Å². The fourth-order valence-electron chi connectivity index (χ4n) is 1.05. The number of halogens is 1. The fourth-order valence-corrected chi connectivity index (χ4v) is 1.30. The van der Waals surface area contributed by atoms with Crippen molar-refractivity contribution >= 4 is 11.6 Å². The maximum absolute atomic E-state index is 9.19. The second kappa shape index (κ2) is 4.33. The van der Waals surface area contributed by atoms with Crippen molar-refractivity contribution in [3.8, 4) is 5.75 Å². The lowest BCUT2D eigenvalue weighted by atomic mass is 10.1. The first-order valence-corrected chi connectivity index (χ1v) is 4.23. The summed E-state index contributed by atoms with van der Waals surface area (Å²) in [6.07, 6.45) is 0.880. The third-order valence-electron chi connectivity index (χ3n) is 1.61. The topological polar surface area (TPSA) is 32.3 Å². The Kier molecular flexibility index (Phi) is 3.38. The minimum atomic E-state index is 0.230. The monoisotopic (exact) mass is 185 g/mol. The number of phenolic OH excluding ortho intramolecular Hbond substituents is 1. The van der Waals surface area contributed by atoms with Crippen LogP contribution in [0.3, 0.4) is 0 Å². The summed E-state index contributed by atoms with van der Waals surface area (Å²) in [6, 6.07) is 5.12. The largest absolute Gasteiger partial charge is 0.508 e. The lowest BCUT2D eigenvalue weighted by Gasteiger charge is -2.02. The Morgan fingerprint density at radius 2 is 2.17 bits per heavy atom. The van der Waals surface area contributed by atoms with Gasteiger partial charge >= 0.3 is 0 Å². The molecule has 12 heavy (non-hydrogen) atoms. The molecule has 0 atom stereocenters. The molecule has 0 amide bonds. The molecule has 1 rings (SSSR count). The lowest BCUT2D eigenvalue weighted by Crippen LogP contribution is -2.10. The summed E-state index contributed by atoms with van der Waals surface area (Å²) < 4.78 is 0. The first-order valence-electron chi connectivity index (χ1n) is 3.85. The predicted molar refractivity (Wildman–Crippen MR) is 50.7 cm³/mol. The van der Waals surface area contributed by atoms with Crippen LogP contribution in [-0.2, 0) is 6.42 Å². The van der Waals surface area contributed by atoms with Crippen LogP contribution >= 0.6 is 11.6 Å². The van der Waals surface area contributed by atoms with E-state index in [0.717, 1.165) is 18.5 Å². The molecule has 0 heterocycles. The Morgan fingerprint density at radius 1 is 1.42 bits per heavy atom. The first-order chi connectivity index (χ1) is 5.72. The minimum absolute atomic E-state index is 0.230. The molecule has 66 valence electrons. The molecule has 0 aliphatic rings. The summed E-state index contributed by atoms with van der Waals surface area (Å²) in [5.41, 5.74) is 1.05. The summed E-state index contributed by atoms with van der Waals surface area (Å²) in [7, 11) is 1.89. The highest BCUT2D eigenvalue weighted by Crippen LogP contribution is 2.19. The van der Waals surface area contributed by atoms with E-state index in [4.69, 9.17) is 11.6 Å². The molecule has 0 aromatic heterocycles. The van der Waals surface area contributed by atoms with Crippen LogP contribution in [0, 0.1) is 0 Å². The van der Waals surface area contributed by atoms with Gasteiger partial charge in [0, 0.05) is 5.02 Å². The van der Waals surface area contributed by atoms with Crippen molar-refractivity contribution in [3.63, 3.8) is 0 Å². The molecule has 0 unspecified atom stereocenters. The molecule has 2 N–H and O–H groups in total. The second-order valence-corrected chi connectivity index (χ2v) is 3.11. The van der Waals surface area contributed by atoms with Crippen molar-refractivity contribution in [2.75, 3.05) is 13.6 Å². The van der Waals surface area contributed by atoms with E-state index < -0.39 is 0 Å². The van der Waals surface area contributed by atoms with Gasteiger partial charge in [0.15, 0.2) is 0 Å². The third-order valence-corrected chi connectivity index (χ3v) is 1.82. The van der Waals surface area contributed by atoms with Crippen molar-refractivity contribution in [2.45, 2.75) is 6.42 Å². The van der Waals surface area contributed by atoms with Crippen LogP contribution in [0.25, 0.3) is 0 Å². The molecule has 3 heteroatoms. The van der Waals surface area contributed by atoms with Gasteiger partial charge in [0.1, 0.15) is 5.75 Å². The van der Waals surface area contributed by atoms with Crippen molar-refractivity contribution in [1.29, 1.82) is 0 Å². The van der Waals surface area contributed by atoms with Crippen LogP contribution in [-0.4, -0.2) is 18.7 Å². The van der Waals surface area contributed by atoms with Crippen molar-refractivity contribution in [3.05, 3.63) is 28.8 Å². The maximum atomic E-state index is 9.19. The summed E-state index contributed by atoms with van der Waals surface area (Å²) in [5.74, 6) is 0.230. The Morgan fingerprint density at radius 3 is 2.75 bits per heavy atom. The zero-order valence-electron chi connectivity index (χ0n) is 6.97. The van der Waals surface area contributed by atoms with Crippen LogP contribution < -0.4 is 5.32 Å². The third kappa shape index (κ3) is 2.72. The average molecular weight is 186 g/mol. The van der Waals surface area contributed by atoms with Gasteiger partial charge in [0.25, 0.3) is 0 Å². The Balaban J connectivity index is 2.72. The zero-order valence-corrected chi connectivity index (χ0v) is 7.73. The Bertz CT molecular complexity index is 242. The molecule has 0 bridgehead atoms. The number of benzene rings is 1. The van der Waals surface area contributed by atoms with Crippen LogP contribution in [0.15, 0.2) is 18.2 Å². The number of nitrogens with one attached hydrogen (secondary N) is 1. The highest BCUT2D eigenvalue weighted by atomic mass is 35.5. The Hall–Kier alpha value is -0.730. The van der Waals surface area contributed by atoms with E-state index in [-0.39, 0.29) is 5.75 Å². The highest BCUT2D eigenvalue weighted by Gasteiger charge is 1.97. The van der Waals surface area contributed by atoms with Gasteiger partial charge < -0.3 is 10.4 Å². The molecule has 1 aromatic carbocycles. The molecule has 2 nitrogen and oxygen atoms in total. The van der Waals surface area contributed by atoms with Gasteiger partial charge in [-0.3, -0.25) is 0 Å². The normalized spacial score (nSPS) is 10.2. The second-order valence-electron chi connectivity index (χ2n) is 2.67. The summed E-state index contributed by atoms with van der Waals surface area (Å²) in [4.78, 5) is 0. The lowest BCUT2D eigenvalue weighted by molar-refractivity contribution is 0.474. The summed E-state index contributed by atoms with van der Waals surface area (Å²) in [5, 5.41) is 12.8. The van der Waals surface area contributed by atoms with Gasteiger partial charge in [0.05, 0.1) is 0 Å². The maximum Gasteiger partial charge on any atom is 0.117 e. The van der Waals surface area contributed by atoms with Gasteiger partial charge in [-0.1, -0.05) is 11.6 Å². The predicted octanol–water partition coefficient (Wildman–Crippen LogP) is 1.81. The van der Waals surface area contributed by atoms with E-state index >= 15 is 0 Å². The van der Waals surface area contributed by atoms with E-state index in [1.807, 2.05) is 13.1 Å². The number of rotatable bonds is 3. The van der Waals surface area contributed by atoms with E-state index in [1.165, 1.54) is 6.07 Å². The van der Waals surface area contributed by atoms with Crippen LogP contribution in [0.2, 0.25) is 5.02 Å². The number of hydrogen-bond acceptors (Lipinski definition) is 2.